The van der Waals surface area contributed by atoms with Crippen LogP contribution >= 0.6 is 0 Å². The van der Waals surface area contributed by atoms with Crippen molar-refractivity contribution in [2.75, 3.05) is 32.8 Å². The van der Waals surface area contributed by atoms with E-state index in [1.807, 2.05) is 6.92 Å². The molecule has 0 unspecified atom stereocenters. The first-order valence-electron chi connectivity index (χ1n) is 10.5. The van der Waals surface area contributed by atoms with Crippen LogP contribution < -0.4 is 5.32 Å². The lowest BCUT2D eigenvalue weighted by molar-refractivity contribution is -0.121. The molecule has 0 saturated heterocycles. The van der Waals surface area contributed by atoms with E-state index in [0.29, 0.717) is 13.0 Å². The first-order chi connectivity index (χ1) is 12.2. The molecular formula is C21H42N2O2. The Morgan fingerprint density at radius 1 is 0.960 bits per heavy atom. The van der Waals surface area contributed by atoms with Crippen molar-refractivity contribution in [3.8, 4) is 0 Å². The lowest BCUT2D eigenvalue weighted by atomic mass is 10.1. The number of nitrogens with one attached hydrogen (secondary N) is 1. The van der Waals surface area contributed by atoms with Gasteiger partial charge in [-0.2, -0.15) is 0 Å². The minimum Gasteiger partial charge on any atom is -0.396 e. The van der Waals surface area contributed by atoms with Gasteiger partial charge in [-0.05, 0) is 52.1 Å². The number of unbranched alkanes of at least 4 members (excludes halogenated alkanes) is 8. The fourth-order valence-corrected chi connectivity index (χ4v) is 2.92. The maximum absolute atomic E-state index is 11.8. The molecule has 0 radical (unpaired) electrons. The van der Waals surface area contributed by atoms with E-state index in [-0.39, 0.29) is 5.91 Å². The zero-order valence-electron chi connectivity index (χ0n) is 16.8. The van der Waals surface area contributed by atoms with E-state index in [4.69, 9.17) is 5.11 Å². The van der Waals surface area contributed by atoms with Crippen molar-refractivity contribution in [2.24, 2.45) is 0 Å². The van der Waals surface area contributed by atoms with Crippen LogP contribution in [0.1, 0.15) is 84.5 Å². The average molecular weight is 355 g/mol. The maximum Gasteiger partial charge on any atom is 0.220 e. The first-order valence-corrected chi connectivity index (χ1v) is 10.5. The Labute approximate surface area is 156 Å². The molecule has 4 heteroatoms. The van der Waals surface area contributed by atoms with Gasteiger partial charge >= 0.3 is 0 Å². The number of rotatable bonds is 18. The third kappa shape index (κ3) is 17.7. The second-order valence-electron chi connectivity index (χ2n) is 6.80. The molecule has 0 aromatic carbocycles. The summed E-state index contributed by atoms with van der Waals surface area (Å²) in [5.41, 5.74) is 0. The summed E-state index contributed by atoms with van der Waals surface area (Å²) in [5, 5.41) is 11.8. The van der Waals surface area contributed by atoms with Crippen LogP contribution in [0.4, 0.5) is 0 Å². The van der Waals surface area contributed by atoms with Crippen molar-refractivity contribution in [3.63, 3.8) is 0 Å². The van der Waals surface area contributed by atoms with Gasteiger partial charge < -0.3 is 15.3 Å². The third-order valence-electron chi connectivity index (χ3n) is 4.59. The zero-order valence-corrected chi connectivity index (χ0v) is 16.8. The molecule has 0 bridgehead atoms. The third-order valence-corrected chi connectivity index (χ3v) is 4.59. The van der Waals surface area contributed by atoms with E-state index < -0.39 is 0 Å². The number of aliphatic hydroxyl groups excluding tert-OH is 1. The topological polar surface area (TPSA) is 52.6 Å². The van der Waals surface area contributed by atoms with E-state index in [2.05, 4.69) is 29.3 Å². The molecule has 0 aliphatic carbocycles. The highest BCUT2D eigenvalue weighted by Gasteiger charge is 2.04. The number of nitrogens with zero attached hydrogens (tertiary/aromatic N) is 1. The Balaban J connectivity index is 3.50. The number of hydrogen-bond donors (Lipinski definition) is 2. The Hall–Kier alpha value is -0.870. The van der Waals surface area contributed by atoms with Crippen molar-refractivity contribution in [1.29, 1.82) is 0 Å². The van der Waals surface area contributed by atoms with Gasteiger partial charge in [-0.25, -0.2) is 0 Å². The number of amides is 1. The quantitative estimate of drug-likeness (QED) is 0.285. The SMILES string of the molecule is C/C=C/CCCCC(=O)NCCN(CC)CCCCCCCCCO. The van der Waals surface area contributed by atoms with E-state index in [9.17, 15) is 4.79 Å². The van der Waals surface area contributed by atoms with Gasteiger partial charge in [0.25, 0.3) is 0 Å². The zero-order chi connectivity index (χ0) is 18.6. The molecule has 4 nitrogen and oxygen atoms in total. The van der Waals surface area contributed by atoms with E-state index in [0.717, 1.165) is 58.3 Å². The number of carbonyl (C=O) groups excluding carboxylic acids is 1. The second-order valence-corrected chi connectivity index (χ2v) is 6.80. The highest BCUT2D eigenvalue weighted by atomic mass is 16.2. The van der Waals surface area contributed by atoms with E-state index >= 15 is 0 Å². The molecular weight excluding hydrogens is 312 g/mol. The van der Waals surface area contributed by atoms with Crippen LogP contribution in [0.15, 0.2) is 12.2 Å². The number of aliphatic hydroxyl groups is 1. The van der Waals surface area contributed by atoms with Crippen molar-refractivity contribution >= 4 is 5.91 Å². The predicted octanol–water partition coefficient (Wildman–Crippen LogP) is 4.28. The van der Waals surface area contributed by atoms with E-state index in [1.54, 1.807) is 0 Å². The molecule has 0 aromatic heterocycles. The van der Waals surface area contributed by atoms with Crippen LogP contribution in [0.3, 0.4) is 0 Å². The van der Waals surface area contributed by atoms with Crippen molar-refractivity contribution in [1.82, 2.24) is 10.2 Å². The molecule has 0 heterocycles. The molecule has 0 atom stereocenters. The summed E-state index contributed by atoms with van der Waals surface area (Å²) in [5.74, 6) is 0.194. The van der Waals surface area contributed by atoms with Crippen molar-refractivity contribution < 1.29 is 9.90 Å². The minimum absolute atomic E-state index is 0.194. The van der Waals surface area contributed by atoms with Gasteiger partial charge in [-0.15, -0.1) is 0 Å². The van der Waals surface area contributed by atoms with Gasteiger partial charge in [-0.1, -0.05) is 51.2 Å². The molecule has 0 aromatic rings. The van der Waals surface area contributed by atoms with Crippen molar-refractivity contribution in [3.05, 3.63) is 12.2 Å². The van der Waals surface area contributed by atoms with Crippen LogP contribution in [0.2, 0.25) is 0 Å². The van der Waals surface area contributed by atoms with Crippen LogP contribution in [-0.4, -0.2) is 48.7 Å². The van der Waals surface area contributed by atoms with Gasteiger partial charge in [0.1, 0.15) is 0 Å². The van der Waals surface area contributed by atoms with Crippen LogP contribution in [0, 0.1) is 0 Å². The average Bonchev–Trinajstić information content (AvgIpc) is 2.62. The van der Waals surface area contributed by atoms with Crippen molar-refractivity contribution in [2.45, 2.75) is 84.5 Å². The summed E-state index contributed by atoms with van der Waals surface area (Å²) < 4.78 is 0. The summed E-state index contributed by atoms with van der Waals surface area (Å²) >= 11 is 0. The Kier molecular flexibility index (Phi) is 18.8. The van der Waals surface area contributed by atoms with Gasteiger partial charge in [0.05, 0.1) is 0 Å². The van der Waals surface area contributed by atoms with E-state index in [1.165, 1.54) is 32.1 Å². The normalized spacial score (nSPS) is 11.5. The van der Waals surface area contributed by atoms with Gasteiger partial charge in [0.2, 0.25) is 5.91 Å². The number of allylic oxidation sites excluding steroid dienone is 2. The Bertz CT molecular complexity index is 319. The largest absolute Gasteiger partial charge is 0.396 e. The molecule has 25 heavy (non-hydrogen) atoms. The standard InChI is InChI=1S/C21H42N2O2/c1-3-5-6-10-13-16-21(25)22-17-19-23(4-2)18-14-11-8-7-9-12-15-20-24/h3,5,24H,4,6-20H2,1-2H3,(H,22,25)/b5-3+. The summed E-state index contributed by atoms with van der Waals surface area (Å²) in [6.45, 7) is 8.46. The van der Waals surface area contributed by atoms with Crippen LogP contribution in [0.5, 0.6) is 0 Å². The summed E-state index contributed by atoms with van der Waals surface area (Å²) in [6, 6.07) is 0. The molecule has 1 amide bonds. The molecule has 148 valence electrons. The Morgan fingerprint density at radius 2 is 1.64 bits per heavy atom. The van der Waals surface area contributed by atoms with Crippen LogP contribution in [0.25, 0.3) is 0 Å². The fourth-order valence-electron chi connectivity index (χ4n) is 2.92. The molecule has 0 rings (SSSR count). The summed E-state index contributed by atoms with van der Waals surface area (Å²) in [4.78, 5) is 14.2. The summed E-state index contributed by atoms with van der Waals surface area (Å²) in [7, 11) is 0. The number of likely N-dealkylation sites (N-methyl/N-ethyl adjacent to an activating group) is 1. The molecule has 0 saturated carbocycles. The first kappa shape index (κ1) is 24.1. The van der Waals surface area contributed by atoms with Gasteiger partial charge in [-0.3, -0.25) is 4.79 Å². The molecule has 2 N–H and O–H groups in total. The number of hydrogen-bond acceptors (Lipinski definition) is 3. The van der Waals surface area contributed by atoms with Crippen LogP contribution in [-0.2, 0) is 4.79 Å². The smallest absolute Gasteiger partial charge is 0.220 e. The predicted molar refractivity (Wildman–Crippen MR) is 108 cm³/mol. The molecule has 0 aliphatic heterocycles. The monoisotopic (exact) mass is 354 g/mol. The maximum atomic E-state index is 11.8. The van der Waals surface area contributed by atoms with Gasteiger partial charge in [0.15, 0.2) is 0 Å². The number of carbonyl (C=O) groups is 1. The Morgan fingerprint density at radius 3 is 2.28 bits per heavy atom. The molecule has 0 aliphatic rings. The fraction of sp³-hybridized carbons (Fsp3) is 0.857. The highest BCUT2D eigenvalue weighted by molar-refractivity contribution is 5.75. The molecule has 0 fully saturated rings. The van der Waals surface area contributed by atoms with Gasteiger partial charge in [0, 0.05) is 26.1 Å². The lowest BCUT2D eigenvalue weighted by Crippen LogP contribution is -2.35. The minimum atomic E-state index is 0.194. The molecule has 0 spiro atoms. The highest BCUT2D eigenvalue weighted by Crippen LogP contribution is 2.07. The second kappa shape index (κ2) is 19.5. The summed E-state index contributed by atoms with van der Waals surface area (Å²) in [6.07, 6.45) is 16.5. The lowest BCUT2D eigenvalue weighted by Gasteiger charge is -2.20.